The van der Waals surface area contributed by atoms with Crippen molar-refractivity contribution in [2.24, 2.45) is 11.3 Å². The van der Waals surface area contributed by atoms with Gasteiger partial charge in [-0.1, -0.05) is 19.9 Å². The van der Waals surface area contributed by atoms with Gasteiger partial charge in [0.2, 0.25) is 5.91 Å². The number of hydrogen-bond donors (Lipinski definition) is 1. The van der Waals surface area contributed by atoms with Crippen LogP contribution in [0.25, 0.3) is 5.57 Å². The Hall–Kier alpha value is -1.97. The SMILES string of the molecule is Cc1ncc(C2=CCC3C(=C2)NC(=O)C3(C)C)cc1F. The standard InChI is InChI=1S/C16H17FN2O/c1-9-13(17)6-11(8-18-9)10-4-5-12-14(7-10)19-15(20)16(12,2)3/h4,6-8,12H,5H2,1-3H3,(H,19,20). The highest BCUT2D eigenvalue weighted by atomic mass is 19.1. The van der Waals surface area contributed by atoms with Crippen molar-refractivity contribution in [1.82, 2.24) is 10.3 Å². The third-order valence-corrected chi connectivity index (χ3v) is 4.33. The summed E-state index contributed by atoms with van der Waals surface area (Å²) in [6, 6.07) is 1.49. The van der Waals surface area contributed by atoms with Crippen LogP contribution in [0.4, 0.5) is 4.39 Å². The van der Waals surface area contributed by atoms with Crippen molar-refractivity contribution in [1.29, 1.82) is 0 Å². The largest absolute Gasteiger partial charge is 0.329 e. The Bertz CT molecular complexity index is 658. The molecule has 104 valence electrons. The molecule has 1 unspecified atom stereocenters. The number of carbonyl (C=O) groups is 1. The number of rotatable bonds is 1. The first kappa shape index (κ1) is 13.0. The molecule has 3 nitrogen and oxygen atoms in total. The van der Waals surface area contributed by atoms with Gasteiger partial charge in [0.15, 0.2) is 0 Å². The molecule has 1 aliphatic heterocycles. The fourth-order valence-electron chi connectivity index (χ4n) is 2.82. The minimum atomic E-state index is -0.384. The van der Waals surface area contributed by atoms with Crippen molar-refractivity contribution in [3.05, 3.63) is 47.2 Å². The Morgan fingerprint density at radius 2 is 2.20 bits per heavy atom. The molecule has 1 amide bonds. The van der Waals surface area contributed by atoms with E-state index in [1.54, 1.807) is 13.1 Å². The predicted molar refractivity (Wildman–Crippen MR) is 75.0 cm³/mol. The minimum Gasteiger partial charge on any atom is -0.329 e. The number of hydrogen-bond acceptors (Lipinski definition) is 2. The average Bonchev–Trinajstić information content (AvgIpc) is 2.63. The molecule has 1 aromatic heterocycles. The third-order valence-electron chi connectivity index (χ3n) is 4.33. The van der Waals surface area contributed by atoms with Crippen LogP contribution in [0, 0.1) is 24.1 Å². The van der Waals surface area contributed by atoms with Gasteiger partial charge in [-0.3, -0.25) is 9.78 Å². The summed E-state index contributed by atoms with van der Waals surface area (Å²) in [4.78, 5) is 16.0. The van der Waals surface area contributed by atoms with Crippen molar-refractivity contribution in [3.63, 3.8) is 0 Å². The summed E-state index contributed by atoms with van der Waals surface area (Å²) in [6.45, 7) is 5.56. The first-order valence-electron chi connectivity index (χ1n) is 6.75. The molecule has 1 aromatic rings. The molecular formula is C16H17FN2O. The van der Waals surface area contributed by atoms with Gasteiger partial charge in [-0.2, -0.15) is 0 Å². The molecule has 20 heavy (non-hydrogen) atoms. The number of carbonyl (C=O) groups excluding carboxylic acids is 1. The van der Waals surface area contributed by atoms with E-state index < -0.39 is 0 Å². The number of aromatic nitrogens is 1. The molecule has 1 fully saturated rings. The van der Waals surface area contributed by atoms with Crippen LogP contribution in [0.15, 0.2) is 30.1 Å². The normalized spacial score (nSPS) is 23.8. The summed E-state index contributed by atoms with van der Waals surface area (Å²) < 4.78 is 13.6. The number of fused-ring (bicyclic) bond motifs is 1. The third kappa shape index (κ3) is 1.87. The average molecular weight is 272 g/mol. The zero-order valence-corrected chi connectivity index (χ0v) is 11.8. The van der Waals surface area contributed by atoms with Crippen LogP contribution < -0.4 is 5.32 Å². The van der Waals surface area contributed by atoms with E-state index in [1.807, 2.05) is 19.9 Å². The zero-order valence-electron chi connectivity index (χ0n) is 11.8. The number of pyridine rings is 1. The highest BCUT2D eigenvalue weighted by molar-refractivity contribution is 5.90. The van der Waals surface area contributed by atoms with Gasteiger partial charge in [0.1, 0.15) is 5.82 Å². The van der Waals surface area contributed by atoms with Crippen LogP contribution in [-0.2, 0) is 4.79 Å². The monoisotopic (exact) mass is 272 g/mol. The highest BCUT2D eigenvalue weighted by Gasteiger charge is 2.45. The van der Waals surface area contributed by atoms with Crippen molar-refractivity contribution in [2.45, 2.75) is 27.2 Å². The van der Waals surface area contributed by atoms with E-state index in [0.29, 0.717) is 5.69 Å². The quantitative estimate of drug-likeness (QED) is 0.854. The van der Waals surface area contributed by atoms with Gasteiger partial charge < -0.3 is 5.32 Å². The lowest BCUT2D eigenvalue weighted by Crippen LogP contribution is -2.28. The molecule has 3 rings (SSSR count). The topological polar surface area (TPSA) is 42.0 Å². The van der Waals surface area contributed by atoms with Gasteiger partial charge in [-0.15, -0.1) is 0 Å². The summed E-state index contributed by atoms with van der Waals surface area (Å²) in [5.41, 5.74) is 2.60. The number of allylic oxidation sites excluding steroid dienone is 4. The predicted octanol–water partition coefficient (Wildman–Crippen LogP) is 2.97. The van der Waals surface area contributed by atoms with Gasteiger partial charge in [-0.25, -0.2) is 4.39 Å². The van der Waals surface area contributed by atoms with E-state index in [9.17, 15) is 9.18 Å². The molecule has 1 atom stereocenters. The Morgan fingerprint density at radius 1 is 1.45 bits per heavy atom. The molecule has 0 radical (unpaired) electrons. The Kier molecular flexibility index (Phi) is 2.78. The lowest BCUT2D eigenvalue weighted by atomic mass is 9.75. The second kappa shape index (κ2) is 4.27. The van der Waals surface area contributed by atoms with Gasteiger partial charge in [0, 0.05) is 23.4 Å². The Morgan fingerprint density at radius 3 is 2.90 bits per heavy atom. The number of nitrogens with one attached hydrogen (secondary N) is 1. The highest BCUT2D eigenvalue weighted by Crippen LogP contribution is 2.43. The van der Waals surface area contributed by atoms with Gasteiger partial charge in [-0.05, 0) is 31.1 Å². The minimum absolute atomic E-state index is 0.0524. The molecule has 0 saturated carbocycles. The van der Waals surface area contributed by atoms with Crippen LogP contribution in [0.2, 0.25) is 0 Å². The number of aryl methyl sites for hydroxylation is 1. The molecule has 1 N–H and O–H groups in total. The summed E-state index contributed by atoms with van der Waals surface area (Å²) in [5, 5.41) is 2.94. The Labute approximate surface area is 117 Å². The Balaban J connectivity index is 1.96. The molecule has 4 heteroatoms. The number of halogens is 1. The van der Waals surface area contributed by atoms with Gasteiger partial charge in [0.25, 0.3) is 0 Å². The molecule has 1 saturated heterocycles. The van der Waals surface area contributed by atoms with E-state index in [1.165, 1.54) is 6.07 Å². The maximum absolute atomic E-state index is 13.6. The van der Waals surface area contributed by atoms with Crippen LogP contribution in [-0.4, -0.2) is 10.9 Å². The first-order valence-corrected chi connectivity index (χ1v) is 6.75. The van der Waals surface area contributed by atoms with E-state index >= 15 is 0 Å². The molecular weight excluding hydrogens is 255 g/mol. The van der Waals surface area contributed by atoms with E-state index in [0.717, 1.165) is 23.3 Å². The summed E-state index contributed by atoms with van der Waals surface area (Å²) in [6.07, 6.45) is 6.44. The second-order valence-corrected chi connectivity index (χ2v) is 6.01. The second-order valence-electron chi connectivity index (χ2n) is 6.01. The van der Waals surface area contributed by atoms with E-state index in [2.05, 4.69) is 16.4 Å². The van der Waals surface area contributed by atoms with Crippen LogP contribution in [0.5, 0.6) is 0 Å². The smallest absolute Gasteiger partial charge is 0.230 e. The first-order chi connectivity index (χ1) is 9.39. The maximum Gasteiger partial charge on any atom is 0.230 e. The lowest BCUT2D eigenvalue weighted by molar-refractivity contribution is -0.127. The summed E-state index contributed by atoms with van der Waals surface area (Å²) >= 11 is 0. The molecule has 0 spiro atoms. The molecule has 0 bridgehead atoms. The lowest BCUT2D eigenvalue weighted by Gasteiger charge is -2.25. The van der Waals surface area contributed by atoms with Crippen molar-refractivity contribution in [2.75, 3.05) is 0 Å². The van der Waals surface area contributed by atoms with Crippen molar-refractivity contribution in [3.8, 4) is 0 Å². The summed E-state index contributed by atoms with van der Waals surface area (Å²) in [5.74, 6) is -0.0710. The number of amides is 1. The molecule has 2 aliphatic rings. The van der Waals surface area contributed by atoms with Crippen LogP contribution >= 0.6 is 0 Å². The van der Waals surface area contributed by atoms with Crippen LogP contribution in [0.3, 0.4) is 0 Å². The van der Waals surface area contributed by atoms with Crippen molar-refractivity contribution >= 4 is 11.5 Å². The fourth-order valence-corrected chi connectivity index (χ4v) is 2.82. The van der Waals surface area contributed by atoms with Gasteiger partial charge in [0.05, 0.1) is 11.1 Å². The van der Waals surface area contributed by atoms with Crippen molar-refractivity contribution < 1.29 is 9.18 Å². The molecule has 1 aliphatic carbocycles. The zero-order chi connectivity index (χ0) is 14.5. The maximum atomic E-state index is 13.6. The van der Waals surface area contributed by atoms with Gasteiger partial charge >= 0.3 is 0 Å². The summed E-state index contributed by atoms with van der Waals surface area (Å²) in [7, 11) is 0. The molecule has 2 heterocycles. The van der Waals surface area contributed by atoms with E-state index in [4.69, 9.17) is 0 Å². The van der Waals surface area contributed by atoms with E-state index in [-0.39, 0.29) is 23.1 Å². The fraction of sp³-hybridized carbons (Fsp3) is 0.375. The molecule has 0 aromatic carbocycles. The van der Waals surface area contributed by atoms with Crippen LogP contribution in [0.1, 0.15) is 31.5 Å². The number of nitrogens with zero attached hydrogens (tertiary/aromatic N) is 1.